The van der Waals surface area contributed by atoms with Gasteiger partial charge in [0.2, 0.25) is 0 Å². The maximum absolute atomic E-state index is 12.3. The van der Waals surface area contributed by atoms with E-state index in [9.17, 15) is 4.79 Å². The maximum atomic E-state index is 12.3. The molecule has 2 heterocycles. The smallest absolute Gasteiger partial charge is 0.261 e. The van der Waals surface area contributed by atoms with Gasteiger partial charge in [0.05, 0.1) is 17.5 Å². The number of ether oxygens (including phenoxy) is 1. The van der Waals surface area contributed by atoms with Crippen molar-refractivity contribution in [2.24, 2.45) is 0 Å². The van der Waals surface area contributed by atoms with E-state index < -0.39 is 0 Å². The average Bonchev–Trinajstić information content (AvgIpc) is 2.85. The lowest BCUT2D eigenvalue weighted by molar-refractivity contribution is 0.201. The average molecular weight is 246 g/mol. The molecule has 1 aliphatic heterocycles. The summed E-state index contributed by atoms with van der Waals surface area (Å²) in [7, 11) is 0. The number of rotatable bonds is 3. The fourth-order valence-electron chi connectivity index (χ4n) is 2.32. The SMILES string of the molecule is O=c1c2cc(OCCO)ccc2nc2n1CCC2. The van der Waals surface area contributed by atoms with Gasteiger partial charge >= 0.3 is 0 Å². The molecule has 94 valence electrons. The third-order valence-electron chi connectivity index (χ3n) is 3.15. The monoisotopic (exact) mass is 246 g/mol. The van der Waals surface area contributed by atoms with Crippen LogP contribution < -0.4 is 10.3 Å². The first-order valence-electron chi connectivity index (χ1n) is 6.07. The highest BCUT2D eigenvalue weighted by molar-refractivity contribution is 5.79. The Balaban J connectivity index is 2.13. The Morgan fingerprint density at radius 1 is 1.44 bits per heavy atom. The first-order valence-corrected chi connectivity index (χ1v) is 6.07. The second kappa shape index (κ2) is 4.42. The molecule has 3 rings (SSSR count). The van der Waals surface area contributed by atoms with Gasteiger partial charge in [-0.2, -0.15) is 0 Å². The summed E-state index contributed by atoms with van der Waals surface area (Å²) in [6.07, 6.45) is 1.85. The summed E-state index contributed by atoms with van der Waals surface area (Å²) >= 11 is 0. The summed E-state index contributed by atoms with van der Waals surface area (Å²) in [4.78, 5) is 16.8. The van der Waals surface area contributed by atoms with Crippen molar-refractivity contribution >= 4 is 10.9 Å². The Bertz CT molecular complexity index is 648. The summed E-state index contributed by atoms with van der Waals surface area (Å²) in [5.74, 6) is 1.46. The topological polar surface area (TPSA) is 64.3 Å². The normalized spacial score (nSPS) is 13.8. The summed E-state index contributed by atoms with van der Waals surface area (Å²) in [6.45, 7) is 0.934. The van der Waals surface area contributed by atoms with Crippen LogP contribution in [0.25, 0.3) is 10.9 Å². The van der Waals surface area contributed by atoms with Crippen LogP contribution in [0.4, 0.5) is 0 Å². The highest BCUT2D eigenvalue weighted by Gasteiger charge is 2.16. The van der Waals surface area contributed by atoms with Crippen molar-refractivity contribution in [3.63, 3.8) is 0 Å². The van der Waals surface area contributed by atoms with E-state index in [2.05, 4.69) is 4.98 Å². The zero-order valence-corrected chi connectivity index (χ0v) is 9.93. The van der Waals surface area contributed by atoms with Gasteiger partial charge in [-0.25, -0.2) is 4.98 Å². The summed E-state index contributed by atoms with van der Waals surface area (Å²) < 4.78 is 7.05. The molecule has 0 atom stereocenters. The van der Waals surface area contributed by atoms with Gasteiger partial charge in [0.15, 0.2) is 0 Å². The van der Waals surface area contributed by atoms with E-state index in [0.29, 0.717) is 16.7 Å². The fraction of sp³-hybridized carbons (Fsp3) is 0.385. The molecule has 1 aliphatic rings. The Labute approximate surface area is 104 Å². The van der Waals surface area contributed by atoms with Gasteiger partial charge in [-0.15, -0.1) is 0 Å². The maximum Gasteiger partial charge on any atom is 0.261 e. The van der Waals surface area contributed by atoms with Gasteiger partial charge in [0, 0.05) is 13.0 Å². The highest BCUT2D eigenvalue weighted by atomic mass is 16.5. The molecule has 0 amide bonds. The van der Waals surface area contributed by atoms with E-state index in [1.54, 1.807) is 22.8 Å². The zero-order chi connectivity index (χ0) is 12.5. The fourth-order valence-corrected chi connectivity index (χ4v) is 2.32. The minimum Gasteiger partial charge on any atom is -0.491 e. The van der Waals surface area contributed by atoms with Crippen molar-refractivity contribution < 1.29 is 9.84 Å². The van der Waals surface area contributed by atoms with Crippen LogP contribution in [0.5, 0.6) is 5.75 Å². The first kappa shape index (κ1) is 11.2. The predicted molar refractivity (Wildman–Crippen MR) is 66.9 cm³/mol. The van der Waals surface area contributed by atoms with E-state index in [0.717, 1.165) is 25.2 Å². The van der Waals surface area contributed by atoms with Crippen molar-refractivity contribution in [1.29, 1.82) is 0 Å². The minimum atomic E-state index is -0.0422. The molecule has 5 heteroatoms. The van der Waals surface area contributed by atoms with Gasteiger partial charge in [0.25, 0.3) is 5.56 Å². The lowest BCUT2D eigenvalue weighted by atomic mass is 10.2. The van der Waals surface area contributed by atoms with Crippen molar-refractivity contribution in [2.45, 2.75) is 19.4 Å². The molecular formula is C13H14N2O3. The molecule has 0 saturated heterocycles. The van der Waals surface area contributed by atoms with E-state index >= 15 is 0 Å². The number of hydrogen-bond donors (Lipinski definition) is 1. The third kappa shape index (κ3) is 1.76. The molecule has 0 bridgehead atoms. The molecule has 18 heavy (non-hydrogen) atoms. The molecule has 0 saturated carbocycles. The molecule has 0 radical (unpaired) electrons. The zero-order valence-electron chi connectivity index (χ0n) is 9.93. The summed E-state index contributed by atoms with van der Waals surface area (Å²) in [5.41, 5.74) is 0.714. The lowest BCUT2D eigenvalue weighted by Gasteiger charge is -2.07. The van der Waals surface area contributed by atoms with Crippen LogP contribution in [-0.4, -0.2) is 27.9 Å². The summed E-state index contributed by atoms with van der Waals surface area (Å²) in [6, 6.07) is 5.27. The molecule has 1 aromatic heterocycles. The van der Waals surface area contributed by atoms with Crippen molar-refractivity contribution in [3.05, 3.63) is 34.4 Å². The van der Waals surface area contributed by atoms with Crippen LogP contribution in [0.1, 0.15) is 12.2 Å². The number of hydrogen-bond acceptors (Lipinski definition) is 4. The Kier molecular flexibility index (Phi) is 2.76. The number of aliphatic hydroxyl groups excluding tert-OH is 1. The minimum absolute atomic E-state index is 0.00180. The lowest BCUT2D eigenvalue weighted by Crippen LogP contribution is -2.20. The van der Waals surface area contributed by atoms with E-state index in [4.69, 9.17) is 9.84 Å². The molecule has 5 nitrogen and oxygen atoms in total. The Morgan fingerprint density at radius 2 is 2.33 bits per heavy atom. The number of aromatic nitrogens is 2. The van der Waals surface area contributed by atoms with Gasteiger partial charge in [-0.1, -0.05) is 0 Å². The van der Waals surface area contributed by atoms with Crippen LogP contribution in [0, 0.1) is 0 Å². The molecule has 0 fully saturated rings. The van der Waals surface area contributed by atoms with Crippen molar-refractivity contribution in [1.82, 2.24) is 9.55 Å². The van der Waals surface area contributed by atoms with Crippen LogP contribution in [-0.2, 0) is 13.0 Å². The molecule has 1 aromatic carbocycles. The van der Waals surface area contributed by atoms with E-state index in [-0.39, 0.29) is 18.8 Å². The third-order valence-corrected chi connectivity index (χ3v) is 3.15. The highest BCUT2D eigenvalue weighted by Crippen LogP contribution is 2.19. The predicted octanol–water partition coefficient (Wildman–Crippen LogP) is 0.714. The Hall–Kier alpha value is -1.88. The summed E-state index contributed by atoms with van der Waals surface area (Å²) in [5, 5.41) is 9.30. The number of aliphatic hydroxyl groups is 1. The molecule has 0 spiro atoms. The van der Waals surface area contributed by atoms with Gasteiger partial charge in [-0.3, -0.25) is 9.36 Å². The van der Waals surface area contributed by atoms with Crippen molar-refractivity contribution in [3.8, 4) is 5.75 Å². The number of nitrogens with zero attached hydrogens (tertiary/aromatic N) is 2. The van der Waals surface area contributed by atoms with E-state index in [1.807, 2.05) is 0 Å². The van der Waals surface area contributed by atoms with Gasteiger partial charge in [0.1, 0.15) is 18.2 Å². The standard InChI is InChI=1S/C13H14N2O3/c16-6-7-18-9-3-4-11-10(8-9)13(17)15-5-1-2-12(15)14-11/h3-4,8,16H,1-2,5-7H2. The number of fused-ring (bicyclic) bond motifs is 2. The van der Waals surface area contributed by atoms with Gasteiger partial charge in [-0.05, 0) is 24.6 Å². The number of aryl methyl sites for hydroxylation is 1. The molecule has 1 N–H and O–H groups in total. The first-order chi connectivity index (χ1) is 8.79. The van der Waals surface area contributed by atoms with Crippen LogP contribution in [0.15, 0.2) is 23.0 Å². The largest absolute Gasteiger partial charge is 0.491 e. The number of benzene rings is 1. The van der Waals surface area contributed by atoms with Crippen molar-refractivity contribution in [2.75, 3.05) is 13.2 Å². The van der Waals surface area contributed by atoms with Crippen LogP contribution in [0.3, 0.4) is 0 Å². The molecular weight excluding hydrogens is 232 g/mol. The van der Waals surface area contributed by atoms with Crippen LogP contribution in [0.2, 0.25) is 0 Å². The molecule has 0 aliphatic carbocycles. The second-order valence-electron chi connectivity index (χ2n) is 4.34. The molecule has 0 unspecified atom stereocenters. The molecule has 2 aromatic rings. The van der Waals surface area contributed by atoms with Crippen LogP contribution >= 0.6 is 0 Å². The van der Waals surface area contributed by atoms with Gasteiger partial charge < -0.3 is 9.84 Å². The van der Waals surface area contributed by atoms with E-state index in [1.165, 1.54) is 0 Å². The quantitative estimate of drug-likeness (QED) is 0.866. The second-order valence-corrected chi connectivity index (χ2v) is 4.34. The Morgan fingerprint density at radius 3 is 3.17 bits per heavy atom.